The maximum absolute atomic E-state index is 10.7. The molecule has 20 heavy (non-hydrogen) atoms. The molecule has 0 aliphatic heterocycles. The third-order valence-corrected chi connectivity index (χ3v) is 6.38. The molecule has 4 rings (SSSR count). The average molecular weight is 337 g/mol. The summed E-state index contributed by atoms with van der Waals surface area (Å²) >= 11 is 3.55. The summed E-state index contributed by atoms with van der Waals surface area (Å²) in [6, 6.07) is 6.03. The number of fused-ring (bicyclic) bond motifs is 5. The Morgan fingerprint density at radius 3 is 2.60 bits per heavy atom. The summed E-state index contributed by atoms with van der Waals surface area (Å²) in [7, 11) is 0. The van der Waals surface area contributed by atoms with Crippen LogP contribution < -0.4 is 4.74 Å². The van der Waals surface area contributed by atoms with Gasteiger partial charge in [0.05, 0.1) is 17.2 Å². The number of benzene rings is 1. The first kappa shape index (κ1) is 13.1. The SMILES string of the molecule is CCOc1ccc(C(O)C2C3C4CCC(C4)C32)cc1Br. The van der Waals surface area contributed by atoms with Crippen molar-refractivity contribution in [1.82, 2.24) is 0 Å². The van der Waals surface area contributed by atoms with Crippen molar-refractivity contribution in [3.63, 3.8) is 0 Å². The first-order chi connectivity index (χ1) is 9.70. The van der Waals surface area contributed by atoms with Gasteiger partial charge in [-0.25, -0.2) is 0 Å². The van der Waals surface area contributed by atoms with E-state index in [1.165, 1.54) is 19.3 Å². The van der Waals surface area contributed by atoms with Crippen molar-refractivity contribution < 1.29 is 9.84 Å². The second kappa shape index (κ2) is 4.74. The van der Waals surface area contributed by atoms with Gasteiger partial charge in [-0.3, -0.25) is 0 Å². The molecule has 0 amide bonds. The van der Waals surface area contributed by atoms with Crippen LogP contribution in [0.5, 0.6) is 5.75 Å². The fraction of sp³-hybridized carbons (Fsp3) is 0.647. The Morgan fingerprint density at radius 2 is 2.00 bits per heavy atom. The van der Waals surface area contributed by atoms with E-state index in [0.717, 1.165) is 39.5 Å². The standard InChI is InChI=1S/C17H21BrO2/c1-2-20-13-6-5-11(8-12(13)18)17(19)16-14-9-3-4-10(7-9)15(14)16/h5-6,8-10,14-17,19H,2-4,7H2,1H3. The van der Waals surface area contributed by atoms with Gasteiger partial charge in [-0.2, -0.15) is 0 Å². The van der Waals surface area contributed by atoms with Gasteiger partial charge in [-0.15, -0.1) is 0 Å². The number of halogens is 1. The van der Waals surface area contributed by atoms with Gasteiger partial charge in [-0.1, -0.05) is 6.07 Å². The van der Waals surface area contributed by atoms with Gasteiger partial charge >= 0.3 is 0 Å². The molecule has 5 atom stereocenters. The molecule has 3 fully saturated rings. The zero-order valence-corrected chi connectivity index (χ0v) is 13.3. The Bertz CT molecular complexity index is 514. The summed E-state index contributed by atoms with van der Waals surface area (Å²) < 4.78 is 6.49. The molecule has 2 nitrogen and oxygen atoms in total. The monoisotopic (exact) mass is 336 g/mol. The number of hydrogen-bond donors (Lipinski definition) is 1. The third kappa shape index (κ3) is 1.86. The topological polar surface area (TPSA) is 29.5 Å². The number of aliphatic hydroxyl groups is 1. The molecular formula is C17H21BrO2. The van der Waals surface area contributed by atoms with Crippen molar-refractivity contribution >= 4 is 15.9 Å². The lowest BCUT2D eigenvalue weighted by molar-refractivity contribution is 0.130. The second-order valence-electron chi connectivity index (χ2n) is 6.63. The normalized spacial score (nSPS) is 38.6. The summed E-state index contributed by atoms with van der Waals surface area (Å²) in [6.45, 7) is 2.65. The van der Waals surface area contributed by atoms with E-state index < -0.39 is 0 Å². The molecule has 5 unspecified atom stereocenters. The van der Waals surface area contributed by atoms with E-state index in [1.807, 2.05) is 25.1 Å². The first-order valence-electron chi connectivity index (χ1n) is 7.81. The number of hydrogen-bond acceptors (Lipinski definition) is 2. The summed E-state index contributed by atoms with van der Waals surface area (Å²) in [5.74, 6) is 4.83. The molecule has 2 bridgehead atoms. The fourth-order valence-electron chi connectivity index (χ4n) is 5.01. The Hall–Kier alpha value is -0.540. The smallest absolute Gasteiger partial charge is 0.133 e. The van der Waals surface area contributed by atoms with Crippen molar-refractivity contribution in [2.24, 2.45) is 29.6 Å². The second-order valence-corrected chi connectivity index (χ2v) is 7.49. The van der Waals surface area contributed by atoms with Crippen LogP contribution in [0.4, 0.5) is 0 Å². The Labute approximate surface area is 128 Å². The molecule has 3 aliphatic rings. The molecule has 1 aromatic rings. The molecule has 0 radical (unpaired) electrons. The maximum atomic E-state index is 10.7. The minimum absolute atomic E-state index is 0.291. The van der Waals surface area contributed by atoms with Crippen LogP contribution in [-0.4, -0.2) is 11.7 Å². The van der Waals surface area contributed by atoms with E-state index in [9.17, 15) is 5.11 Å². The van der Waals surface area contributed by atoms with Gasteiger partial charge in [0.15, 0.2) is 0 Å². The average Bonchev–Trinajstić information content (AvgIpc) is 2.88. The zero-order valence-electron chi connectivity index (χ0n) is 11.8. The van der Waals surface area contributed by atoms with Crippen LogP contribution in [0.2, 0.25) is 0 Å². The number of aliphatic hydroxyl groups excluding tert-OH is 1. The Morgan fingerprint density at radius 1 is 1.30 bits per heavy atom. The van der Waals surface area contributed by atoms with E-state index in [4.69, 9.17) is 4.74 Å². The van der Waals surface area contributed by atoms with E-state index in [-0.39, 0.29) is 6.10 Å². The zero-order chi connectivity index (χ0) is 13.9. The molecule has 0 aromatic heterocycles. The van der Waals surface area contributed by atoms with Crippen LogP contribution in [-0.2, 0) is 0 Å². The van der Waals surface area contributed by atoms with E-state index in [0.29, 0.717) is 12.5 Å². The highest BCUT2D eigenvalue weighted by molar-refractivity contribution is 9.10. The largest absolute Gasteiger partial charge is 0.493 e. The lowest BCUT2D eigenvalue weighted by Gasteiger charge is -2.17. The van der Waals surface area contributed by atoms with Crippen molar-refractivity contribution in [2.75, 3.05) is 6.61 Å². The van der Waals surface area contributed by atoms with Crippen LogP contribution in [0, 0.1) is 29.6 Å². The predicted octanol–water partition coefficient (Wildman–Crippen LogP) is 4.17. The van der Waals surface area contributed by atoms with Gasteiger partial charge in [0.2, 0.25) is 0 Å². The number of rotatable bonds is 4. The Kier molecular flexibility index (Phi) is 3.11. The lowest BCUT2D eigenvalue weighted by Crippen LogP contribution is -2.08. The highest BCUT2D eigenvalue weighted by Crippen LogP contribution is 2.72. The predicted molar refractivity (Wildman–Crippen MR) is 81.6 cm³/mol. The van der Waals surface area contributed by atoms with Crippen molar-refractivity contribution in [3.8, 4) is 5.75 Å². The molecule has 0 heterocycles. The van der Waals surface area contributed by atoms with Gasteiger partial charge in [0.1, 0.15) is 5.75 Å². The molecule has 1 aromatic carbocycles. The molecule has 108 valence electrons. The van der Waals surface area contributed by atoms with Crippen LogP contribution in [0.1, 0.15) is 37.9 Å². The molecule has 3 heteroatoms. The van der Waals surface area contributed by atoms with Gasteiger partial charge in [0.25, 0.3) is 0 Å². The fourth-order valence-corrected chi connectivity index (χ4v) is 5.52. The van der Waals surface area contributed by atoms with E-state index in [2.05, 4.69) is 15.9 Å². The summed E-state index contributed by atoms with van der Waals surface area (Å²) in [6.07, 6.45) is 3.95. The molecule has 3 aliphatic carbocycles. The maximum Gasteiger partial charge on any atom is 0.133 e. The van der Waals surface area contributed by atoms with Crippen LogP contribution >= 0.6 is 15.9 Å². The van der Waals surface area contributed by atoms with Crippen molar-refractivity contribution in [3.05, 3.63) is 28.2 Å². The molecular weight excluding hydrogens is 316 g/mol. The van der Waals surface area contributed by atoms with E-state index in [1.54, 1.807) is 0 Å². The van der Waals surface area contributed by atoms with Gasteiger partial charge in [0, 0.05) is 0 Å². The minimum atomic E-state index is -0.291. The van der Waals surface area contributed by atoms with Crippen LogP contribution in [0.25, 0.3) is 0 Å². The van der Waals surface area contributed by atoms with Crippen LogP contribution in [0.3, 0.4) is 0 Å². The molecule has 0 saturated heterocycles. The molecule has 1 N–H and O–H groups in total. The number of ether oxygens (including phenoxy) is 1. The summed E-state index contributed by atoms with van der Waals surface area (Å²) in [5, 5.41) is 10.7. The van der Waals surface area contributed by atoms with Gasteiger partial charge < -0.3 is 9.84 Å². The van der Waals surface area contributed by atoms with Crippen LogP contribution in [0.15, 0.2) is 22.7 Å². The quantitative estimate of drug-likeness (QED) is 0.893. The van der Waals surface area contributed by atoms with Crippen molar-refractivity contribution in [2.45, 2.75) is 32.3 Å². The first-order valence-corrected chi connectivity index (χ1v) is 8.60. The van der Waals surface area contributed by atoms with E-state index >= 15 is 0 Å². The summed E-state index contributed by atoms with van der Waals surface area (Å²) in [4.78, 5) is 0. The molecule has 3 saturated carbocycles. The minimum Gasteiger partial charge on any atom is -0.493 e. The molecule has 0 spiro atoms. The highest BCUT2D eigenvalue weighted by atomic mass is 79.9. The third-order valence-electron chi connectivity index (χ3n) is 5.76. The lowest BCUT2D eigenvalue weighted by atomic mass is 9.95. The Balaban J connectivity index is 1.52. The highest BCUT2D eigenvalue weighted by Gasteiger charge is 2.66. The summed E-state index contributed by atoms with van der Waals surface area (Å²) in [5.41, 5.74) is 1.04. The van der Waals surface area contributed by atoms with Gasteiger partial charge in [-0.05, 0) is 89.4 Å². The van der Waals surface area contributed by atoms with Crippen molar-refractivity contribution in [1.29, 1.82) is 0 Å².